The number of anilines is 3. The molecule has 0 aliphatic rings. The third-order valence-electron chi connectivity index (χ3n) is 3.56. The van der Waals surface area contributed by atoms with Crippen molar-refractivity contribution in [2.45, 2.75) is 6.42 Å². The molecule has 0 aliphatic heterocycles. The third kappa shape index (κ3) is 4.54. The predicted molar refractivity (Wildman–Crippen MR) is 96.6 cm³/mol. The van der Waals surface area contributed by atoms with E-state index in [9.17, 15) is 0 Å². The van der Waals surface area contributed by atoms with Crippen molar-refractivity contribution in [2.24, 2.45) is 0 Å². The van der Waals surface area contributed by atoms with Gasteiger partial charge in [-0.3, -0.25) is 0 Å². The second-order valence-corrected chi connectivity index (χ2v) is 5.42. The van der Waals surface area contributed by atoms with Gasteiger partial charge in [-0.1, -0.05) is 42.5 Å². The van der Waals surface area contributed by atoms with Gasteiger partial charge in [0.2, 0.25) is 0 Å². The first-order valence-corrected chi connectivity index (χ1v) is 7.90. The molecule has 5 nitrogen and oxygen atoms in total. The van der Waals surface area contributed by atoms with Crippen LogP contribution in [0.25, 0.3) is 0 Å². The van der Waals surface area contributed by atoms with Crippen LogP contribution in [-0.2, 0) is 6.42 Å². The number of rotatable bonds is 7. The number of aliphatic hydroxyl groups excluding tert-OH is 1. The van der Waals surface area contributed by atoms with Gasteiger partial charge in [-0.15, -0.1) is 0 Å². The summed E-state index contributed by atoms with van der Waals surface area (Å²) in [6.45, 7) is 0.528. The Kier molecular flexibility index (Phi) is 5.37. The van der Waals surface area contributed by atoms with Crippen molar-refractivity contribution in [3.63, 3.8) is 0 Å². The quantitative estimate of drug-likeness (QED) is 0.623. The second-order valence-electron chi connectivity index (χ2n) is 5.42. The average Bonchev–Trinajstić information content (AvgIpc) is 2.63. The van der Waals surface area contributed by atoms with Crippen molar-refractivity contribution in [3.05, 3.63) is 78.1 Å². The Bertz CT molecular complexity index is 760. The van der Waals surface area contributed by atoms with Crippen LogP contribution in [-0.4, -0.2) is 28.2 Å². The zero-order valence-electron chi connectivity index (χ0n) is 13.3. The molecule has 3 aromatic rings. The Labute approximate surface area is 141 Å². The molecular formula is C19H20N4O. The number of benzene rings is 2. The lowest BCUT2D eigenvalue weighted by Gasteiger charge is -2.09. The van der Waals surface area contributed by atoms with Crippen LogP contribution in [0.3, 0.4) is 0 Å². The third-order valence-corrected chi connectivity index (χ3v) is 3.56. The Morgan fingerprint density at radius 3 is 2.29 bits per heavy atom. The smallest absolute Gasteiger partial charge is 0.135 e. The van der Waals surface area contributed by atoms with Crippen molar-refractivity contribution < 1.29 is 5.11 Å². The van der Waals surface area contributed by atoms with E-state index in [1.807, 2.05) is 24.3 Å². The molecule has 24 heavy (non-hydrogen) atoms. The monoisotopic (exact) mass is 320 g/mol. The first-order chi connectivity index (χ1) is 11.8. The van der Waals surface area contributed by atoms with E-state index < -0.39 is 0 Å². The van der Waals surface area contributed by atoms with Crippen LogP contribution >= 0.6 is 0 Å². The summed E-state index contributed by atoms with van der Waals surface area (Å²) in [6.07, 6.45) is 2.41. The number of hydrogen-bond acceptors (Lipinski definition) is 5. The van der Waals surface area contributed by atoms with E-state index in [2.05, 4.69) is 57.0 Å². The zero-order valence-corrected chi connectivity index (χ0v) is 13.3. The van der Waals surface area contributed by atoms with Gasteiger partial charge in [0.15, 0.2) is 0 Å². The maximum Gasteiger partial charge on any atom is 0.135 e. The van der Waals surface area contributed by atoms with Gasteiger partial charge in [0.25, 0.3) is 0 Å². The van der Waals surface area contributed by atoms with E-state index >= 15 is 0 Å². The summed E-state index contributed by atoms with van der Waals surface area (Å²) >= 11 is 0. The fourth-order valence-corrected chi connectivity index (χ4v) is 2.39. The Morgan fingerprint density at radius 2 is 1.54 bits per heavy atom. The van der Waals surface area contributed by atoms with Crippen LogP contribution in [0.4, 0.5) is 17.3 Å². The highest BCUT2D eigenvalue weighted by Crippen LogP contribution is 2.18. The lowest BCUT2D eigenvalue weighted by atomic mass is 10.0. The largest absolute Gasteiger partial charge is 0.395 e. The van der Waals surface area contributed by atoms with Gasteiger partial charge in [-0.05, 0) is 29.7 Å². The number of aromatic nitrogens is 2. The highest BCUT2D eigenvalue weighted by molar-refractivity contribution is 5.59. The molecule has 0 unspecified atom stereocenters. The van der Waals surface area contributed by atoms with Gasteiger partial charge < -0.3 is 15.7 Å². The van der Waals surface area contributed by atoms with Crippen LogP contribution in [0, 0.1) is 0 Å². The van der Waals surface area contributed by atoms with Crippen LogP contribution in [0.15, 0.2) is 67.0 Å². The highest BCUT2D eigenvalue weighted by atomic mass is 16.3. The van der Waals surface area contributed by atoms with Gasteiger partial charge >= 0.3 is 0 Å². The van der Waals surface area contributed by atoms with E-state index in [0.29, 0.717) is 18.2 Å². The minimum Gasteiger partial charge on any atom is -0.395 e. The topological polar surface area (TPSA) is 70.1 Å². The van der Waals surface area contributed by atoms with Crippen LogP contribution in [0.2, 0.25) is 0 Å². The predicted octanol–water partition coefficient (Wildman–Crippen LogP) is 3.22. The van der Waals surface area contributed by atoms with Crippen LogP contribution < -0.4 is 10.6 Å². The summed E-state index contributed by atoms with van der Waals surface area (Å²) < 4.78 is 0. The van der Waals surface area contributed by atoms with Crippen molar-refractivity contribution >= 4 is 17.3 Å². The molecule has 1 aromatic heterocycles. The first kappa shape index (κ1) is 16.0. The zero-order chi connectivity index (χ0) is 16.6. The normalized spacial score (nSPS) is 10.4. The van der Waals surface area contributed by atoms with Gasteiger partial charge in [0.1, 0.15) is 18.0 Å². The molecule has 5 heteroatoms. The van der Waals surface area contributed by atoms with Crippen LogP contribution in [0.5, 0.6) is 0 Å². The molecule has 3 rings (SSSR count). The average molecular weight is 320 g/mol. The molecule has 122 valence electrons. The molecule has 0 saturated heterocycles. The van der Waals surface area contributed by atoms with Crippen molar-refractivity contribution in [1.29, 1.82) is 0 Å². The van der Waals surface area contributed by atoms with Crippen molar-refractivity contribution in [1.82, 2.24) is 9.97 Å². The van der Waals surface area contributed by atoms with Gasteiger partial charge in [0, 0.05) is 18.3 Å². The van der Waals surface area contributed by atoms with E-state index in [4.69, 9.17) is 5.11 Å². The lowest BCUT2D eigenvalue weighted by molar-refractivity contribution is 0.311. The number of nitrogens with one attached hydrogen (secondary N) is 2. The number of aliphatic hydroxyl groups is 1. The Hall–Kier alpha value is -2.92. The molecule has 0 radical (unpaired) electrons. The van der Waals surface area contributed by atoms with Gasteiger partial charge in [-0.2, -0.15) is 0 Å². The molecule has 0 spiro atoms. The van der Waals surface area contributed by atoms with E-state index in [1.165, 1.54) is 17.5 Å². The van der Waals surface area contributed by atoms with E-state index in [1.54, 1.807) is 0 Å². The molecule has 2 aromatic carbocycles. The van der Waals surface area contributed by atoms with Crippen LogP contribution in [0.1, 0.15) is 11.1 Å². The minimum absolute atomic E-state index is 0.0651. The summed E-state index contributed by atoms with van der Waals surface area (Å²) in [4.78, 5) is 8.31. The number of nitrogens with zero attached hydrogens (tertiary/aromatic N) is 2. The summed E-state index contributed by atoms with van der Waals surface area (Å²) in [6, 6.07) is 20.5. The molecule has 0 aliphatic carbocycles. The van der Waals surface area contributed by atoms with E-state index in [-0.39, 0.29) is 6.61 Å². The minimum atomic E-state index is 0.0651. The van der Waals surface area contributed by atoms with Gasteiger partial charge in [-0.25, -0.2) is 9.97 Å². The molecule has 1 heterocycles. The highest BCUT2D eigenvalue weighted by Gasteiger charge is 2.01. The molecule has 3 N–H and O–H groups in total. The summed E-state index contributed by atoms with van der Waals surface area (Å²) in [5.74, 6) is 1.39. The maximum absolute atomic E-state index is 8.84. The summed E-state index contributed by atoms with van der Waals surface area (Å²) in [7, 11) is 0. The fourth-order valence-electron chi connectivity index (χ4n) is 2.39. The van der Waals surface area contributed by atoms with Crippen molar-refractivity contribution in [2.75, 3.05) is 23.8 Å². The van der Waals surface area contributed by atoms with Gasteiger partial charge in [0.05, 0.1) is 6.61 Å². The fraction of sp³-hybridized carbons (Fsp3) is 0.158. The number of hydrogen-bond donors (Lipinski definition) is 3. The molecular weight excluding hydrogens is 300 g/mol. The lowest BCUT2D eigenvalue weighted by Crippen LogP contribution is -2.07. The maximum atomic E-state index is 8.84. The Balaban J connectivity index is 1.64. The summed E-state index contributed by atoms with van der Waals surface area (Å²) in [5, 5.41) is 15.1. The molecule has 0 amide bonds. The SMILES string of the molecule is OCCNc1cc(Nc2ccc(Cc3ccccc3)cc2)ncn1. The van der Waals surface area contributed by atoms with E-state index in [0.717, 1.165) is 12.1 Å². The summed E-state index contributed by atoms with van der Waals surface area (Å²) in [5.41, 5.74) is 3.53. The second kappa shape index (κ2) is 8.08. The molecule has 0 bridgehead atoms. The molecule has 0 atom stereocenters. The molecule has 0 fully saturated rings. The Morgan fingerprint density at radius 1 is 0.833 bits per heavy atom. The standard InChI is InChI=1S/C19H20N4O/c24-11-10-20-18-13-19(22-14-21-18)23-17-8-6-16(7-9-17)12-15-4-2-1-3-5-15/h1-9,13-14,24H,10-12H2,(H2,20,21,22,23). The van der Waals surface area contributed by atoms with Crippen molar-refractivity contribution in [3.8, 4) is 0 Å². The molecule has 0 saturated carbocycles. The first-order valence-electron chi connectivity index (χ1n) is 7.90.